The van der Waals surface area contributed by atoms with Crippen molar-refractivity contribution in [2.24, 2.45) is 24.7 Å². The molecule has 0 radical (unpaired) electrons. The van der Waals surface area contributed by atoms with Gasteiger partial charge in [0.05, 0.1) is 5.69 Å². The van der Waals surface area contributed by atoms with Crippen LogP contribution in [-0.2, 0) is 13.5 Å². The van der Waals surface area contributed by atoms with E-state index >= 15 is 0 Å². The largest absolute Gasteiger partial charge is 0.276 e. The van der Waals surface area contributed by atoms with E-state index < -0.39 is 0 Å². The van der Waals surface area contributed by atoms with E-state index in [1.807, 2.05) is 17.9 Å². The van der Waals surface area contributed by atoms with Crippen molar-refractivity contribution in [1.29, 1.82) is 0 Å². The van der Waals surface area contributed by atoms with Gasteiger partial charge in [0.1, 0.15) is 0 Å². The third-order valence-electron chi connectivity index (χ3n) is 4.84. The summed E-state index contributed by atoms with van der Waals surface area (Å²) in [6.45, 7) is 2.28. The van der Waals surface area contributed by atoms with Crippen LogP contribution in [0.15, 0.2) is 12.3 Å². The first kappa shape index (κ1) is 15.5. The Labute approximate surface area is 123 Å². The zero-order chi connectivity index (χ0) is 14.4. The van der Waals surface area contributed by atoms with E-state index in [2.05, 4.69) is 23.5 Å². The molecule has 0 spiro atoms. The number of nitrogens with two attached hydrogens (primary N) is 1. The summed E-state index contributed by atoms with van der Waals surface area (Å²) in [6, 6.07) is 2.47. The minimum Gasteiger partial charge on any atom is -0.276 e. The Hall–Kier alpha value is -0.870. The van der Waals surface area contributed by atoms with Gasteiger partial charge < -0.3 is 0 Å². The molecule has 1 aromatic rings. The molecule has 2 rings (SSSR count). The van der Waals surface area contributed by atoms with Gasteiger partial charge in [0.25, 0.3) is 0 Å². The molecule has 0 bridgehead atoms. The van der Waals surface area contributed by atoms with Crippen molar-refractivity contribution in [2.45, 2.75) is 64.3 Å². The molecule has 4 heteroatoms. The third-order valence-corrected chi connectivity index (χ3v) is 4.84. The fourth-order valence-electron chi connectivity index (χ4n) is 3.53. The Balaban J connectivity index is 1.81. The molecular formula is C16H30N4. The maximum Gasteiger partial charge on any atom is 0.0640 e. The topological polar surface area (TPSA) is 55.9 Å². The lowest BCUT2D eigenvalue weighted by atomic mass is 9.76. The Morgan fingerprint density at radius 1 is 1.40 bits per heavy atom. The molecule has 1 heterocycles. The van der Waals surface area contributed by atoms with Crippen molar-refractivity contribution in [3.8, 4) is 0 Å². The average Bonchev–Trinajstić information content (AvgIpc) is 2.88. The molecule has 1 atom stereocenters. The maximum atomic E-state index is 5.79. The van der Waals surface area contributed by atoms with E-state index in [4.69, 9.17) is 5.84 Å². The molecule has 1 aliphatic carbocycles. The number of nitrogens with one attached hydrogen (secondary N) is 1. The van der Waals surface area contributed by atoms with Crippen LogP contribution < -0.4 is 11.3 Å². The highest BCUT2D eigenvalue weighted by molar-refractivity contribution is 5.02. The summed E-state index contributed by atoms with van der Waals surface area (Å²) in [6.07, 6.45) is 12.5. The summed E-state index contributed by atoms with van der Waals surface area (Å²) in [4.78, 5) is 0. The van der Waals surface area contributed by atoms with E-state index in [9.17, 15) is 0 Å². The van der Waals surface area contributed by atoms with Crippen LogP contribution in [0.2, 0.25) is 0 Å². The summed E-state index contributed by atoms with van der Waals surface area (Å²) in [5.74, 6) is 7.45. The molecule has 1 aromatic heterocycles. The monoisotopic (exact) mass is 278 g/mol. The zero-order valence-electron chi connectivity index (χ0n) is 13.0. The highest BCUT2D eigenvalue weighted by atomic mass is 15.3. The number of nitrogens with zero attached hydrogens (tertiary/aromatic N) is 2. The normalized spacial score (nSPS) is 24.8. The summed E-state index contributed by atoms with van der Waals surface area (Å²) >= 11 is 0. The fourth-order valence-corrected chi connectivity index (χ4v) is 3.53. The number of unbranched alkanes of at least 4 members (excludes halogenated alkanes) is 1. The molecule has 1 aliphatic rings. The smallest absolute Gasteiger partial charge is 0.0640 e. The lowest BCUT2D eigenvalue weighted by Crippen LogP contribution is -2.43. The van der Waals surface area contributed by atoms with Crippen LogP contribution in [0.5, 0.6) is 0 Å². The van der Waals surface area contributed by atoms with Crippen molar-refractivity contribution in [3.05, 3.63) is 18.0 Å². The van der Waals surface area contributed by atoms with E-state index in [0.717, 1.165) is 18.0 Å². The molecule has 3 N–H and O–H groups in total. The van der Waals surface area contributed by atoms with E-state index in [1.54, 1.807) is 0 Å². The molecule has 114 valence electrons. The van der Waals surface area contributed by atoms with Crippen LogP contribution in [0.3, 0.4) is 0 Å². The number of hydrogen-bond acceptors (Lipinski definition) is 3. The second-order valence-electron chi connectivity index (χ2n) is 6.38. The van der Waals surface area contributed by atoms with Crippen molar-refractivity contribution < 1.29 is 0 Å². The summed E-state index contributed by atoms with van der Waals surface area (Å²) in [5, 5.41) is 4.47. The first-order chi connectivity index (χ1) is 9.72. The van der Waals surface area contributed by atoms with Gasteiger partial charge in [-0.05, 0) is 30.7 Å². The highest BCUT2D eigenvalue weighted by Gasteiger charge is 2.27. The van der Waals surface area contributed by atoms with Crippen LogP contribution in [0.1, 0.15) is 57.6 Å². The number of rotatable bonds is 7. The minimum absolute atomic E-state index is 0.372. The van der Waals surface area contributed by atoms with Crippen molar-refractivity contribution in [2.75, 3.05) is 0 Å². The predicted octanol–water partition coefficient (Wildman–Crippen LogP) is 2.79. The van der Waals surface area contributed by atoms with Crippen LogP contribution in [-0.4, -0.2) is 15.8 Å². The van der Waals surface area contributed by atoms with Gasteiger partial charge in [0, 0.05) is 25.7 Å². The number of aryl methyl sites for hydroxylation is 1. The number of hydrazine groups is 1. The van der Waals surface area contributed by atoms with E-state index in [0.29, 0.717) is 12.0 Å². The van der Waals surface area contributed by atoms with Crippen LogP contribution in [0, 0.1) is 11.8 Å². The molecule has 0 aliphatic heterocycles. The maximum absolute atomic E-state index is 5.79. The third kappa shape index (κ3) is 4.32. The van der Waals surface area contributed by atoms with E-state index in [-0.39, 0.29) is 0 Å². The first-order valence-corrected chi connectivity index (χ1v) is 8.17. The molecule has 0 aromatic carbocycles. The zero-order valence-corrected chi connectivity index (χ0v) is 13.0. The lowest BCUT2D eigenvalue weighted by Gasteiger charge is -2.33. The molecule has 20 heavy (non-hydrogen) atoms. The second kappa shape index (κ2) is 7.79. The quantitative estimate of drug-likeness (QED) is 0.595. The standard InChI is InChI=1S/C16H30N4/c1-3-4-5-13-6-8-14(9-7-13)16(18-17)12-15-10-11-20(2)19-15/h10-11,13-14,16,18H,3-9,12,17H2,1-2H3. The first-order valence-electron chi connectivity index (χ1n) is 8.17. The molecule has 0 amide bonds. The van der Waals surface area contributed by atoms with Crippen LogP contribution in [0.4, 0.5) is 0 Å². The predicted molar refractivity (Wildman–Crippen MR) is 83.0 cm³/mol. The van der Waals surface area contributed by atoms with Gasteiger partial charge in [0.2, 0.25) is 0 Å². The average molecular weight is 278 g/mol. The summed E-state index contributed by atoms with van der Waals surface area (Å²) < 4.78 is 1.87. The second-order valence-corrected chi connectivity index (χ2v) is 6.38. The van der Waals surface area contributed by atoms with Gasteiger partial charge in [-0.3, -0.25) is 16.0 Å². The highest BCUT2D eigenvalue weighted by Crippen LogP contribution is 2.34. The minimum atomic E-state index is 0.372. The van der Waals surface area contributed by atoms with Gasteiger partial charge in [-0.25, -0.2) is 0 Å². The lowest BCUT2D eigenvalue weighted by molar-refractivity contribution is 0.211. The Morgan fingerprint density at radius 3 is 2.70 bits per heavy atom. The molecule has 4 nitrogen and oxygen atoms in total. The van der Waals surface area contributed by atoms with Gasteiger partial charge in [-0.1, -0.05) is 39.0 Å². The van der Waals surface area contributed by atoms with Crippen LogP contribution >= 0.6 is 0 Å². The van der Waals surface area contributed by atoms with Crippen LogP contribution in [0.25, 0.3) is 0 Å². The summed E-state index contributed by atoms with van der Waals surface area (Å²) in [7, 11) is 1.97. The number of hydrogen-bond donors (Lipinski definition) is 2. The Morgan fingerprint density at radius 2 is 2.15 bits per heavy atom. The van der Waals surface area contributed by atoms with E-state index in [1.165, 1.54) is 44.9 Å². The Bertz CT molecular complexity index is 380. The van der Waals surface area contributed by atoms with Crippen molar-refractivity contribution >= 4 is 0 Å². The molecular weight excluding hydrogens is 248 g/mol. The number of aromatic nitrogens is 2. The molecule has 1 unspecified atom stereocenters. The van der Waals surface area contributed by atoms with Gasteiger partial charge in [-0.15, -0.1) is 0 Å². The van der Waals surface area contributed by atoms with Crippen molar-refractivity contribution in [1.82, 2.24) is 15.2 Å². The van der Waals surface area contributed by atoms with Crippen molar-refractivity contribution in [3.63, 3.8) is 0 Å². The Kier molecular flexibility index (Phi) is 6.05. The molecule has 1 fully saturated rings. The van der Waals surface area contributed by atoms with Gasteiger partial charge in [0.15, 0.2) is 0 Å². The fraction of sp³-hybridized carbons (Fsp3) is 0.812. The molecule has 0 saturated heterocycles. The van der Waals surface area contributed by atoms with Gasteiger partial charge >= 0.3 is 0 Å². The van der Waals surface area contributed by atoms with Gasteiger partial charge in [-0.2, -0.15) is 5.10 Å². The molecule has 1 saturated carbocycles. The SMILES string of the molecule is CCCCC1CCC(C(Cc2ccn(C)n2)NN)CC1. The summed E-state index contributed by atoms with van der Waals surface area (Å²) in [5.41, 5.74) is 4.18.